The Kier molecular flexibility index (Phi) is 8.18. The number of ether oxygens (including phenoxy) is 2. The second kappa shape index (κ2) is 10.4. The lowest BCUT2D eigenvalue weighted by molar-refractivity contribution is 0.146. The maximum Gasteiger partial charge on any atom is 0.198 e. The van der Waals surface area contributed by atoms with Crippen molar-refractivity contribution in [2.45, 2.75) is 13.0 Å². The van der Waals surface area contributed by atoms with Crippen molar-refractivity contribution in [1.82, 2.24) is 5.32 Å². The fourth-order valence-corrected chi connectivity index (χ4v) is 2.98. The first-order chi connectivity index (χ1) is 12.3. The van der Waals surface area contributed by atoms with Crippen LogP contribution in [0.3, 0.4) is 0 Å². The predicted molar refractivity (Wildman–Crippen MR) is 117 cm³/mol. The third-order valence-corrected chi connectivity index (χ3v) is 4.28. The molecule has 6 heteroatoms. The molecular weight excluding hydrogens is 441 g/mol. The van der Waals surface area contributed by atoms with E-state index in [2.05, 4.69) is 51.6 Å². The van der Waals surface area contributed by atoms with Crippen molar-refractivity contribution in [2.75, 3.05) is 38.8 Å². The number of anilines is 1. The first-order valence-electron chi connectivity index (χ1n) is 8.58. The van der Waals surface area contributed by atoms with Crippen LogP contribution in [0.1, 0.15) is 11.1 Å². The van der Waals surface area contributed by atoms with Gasteiger partial charge in [0, 0.05) is 32.9 Å². The van der Waals surface area contributed by atoms with E-state index >= 15 is 0 Å². The molecule has 0 bridgehead atoms. The lowest BCUT2D eigenvalue weighted by Crippen LogP contribution is -2.40. The van der Waals surface area contributed by atoms with Gasteiger partial charge in [-0.3, -0.25) is 4.99 Å². The summed E-state index contributed by atoms with van der Waals surface area (Å²) in [6, 6.07) is 16.6. The monoisotopic (exact) mass is 467 g/mol. The summed E-state index contributed by atoms with van der Waals surface area (Å²) in [5, 5.41) is 3.46. The van der Waals surface area contributed by atoms with Crippen LogP contribution in [0.15, 0.2) is 53.5 Å². The summed E-state index contributed by atoms with van der Waals surface area (Å²) in [6.07, 6.45) is 1.06. The minimum Gasteiger partial charge on any atom is -0.491 e. The molecule has 26 heavy (non-hydrogen) atoms. The zero-order chi connectivity index (χ0) is 17.5. The molecule has 2 aromatic carbocycles. The minimum atomic E-state index is 0. The Morgan fingerprint density at radius 3 is 2.62 bits per heavy atom. The Morgan fingerprint density at radius 1 is 1.12 bits per heavy atom. The van der Waals surface area contributed by atoms with Crippen molar-refractivity contribution >= 4 is 35.6 Å². The minimum absolute atomic E-state index is 0. The van der Waals surface area contributed by atoms with E-state index in [4.69, 9.17) is 9.47 Å². The van der Waals surface area contributed by atoms with Crippen molar-refractivity contribution in [3.8, 4) is 5.75 Å². The Morgan fingerprint density at radius 2 is 1.88 bits per heavy atom. The molecule has 0 radical (unpaired) electrons. The lowest BCUT2D eigenvalue weighted by Gasteiger charge is -2.22. The van der Waals surface area contributed by atoms with Crippen LogP contribution in [0.4, 0.5) is 5.69 Å². The van der Waals surface area contributed by atoms with Gasteiger partial charge in [0.05, 0.1) is 6.61 Å². The number of nitrogens with one attached hydrogen (secondary N) is 1. The zero-order valence-electron chi connectivity index (χ0n) is 15.3. The molecule has 140 valence electrons. The summed E-state index contributed by atoms with van der Waals surface area (Å²) < 4.78 is 10.6. The fraction of sp³-hybridized carbons (Fsp3) is 0.350. The van der Waals surface area contributed by atoms with Gasteiger partial charge in [0.25, 0.3) is 0 Å². The van der Waals surface area contributed by atoms with Crippen LogP contribution < -0.4 is 15.0 Å². The predicted octanol–water partition coefficient (Wildman–Crippen LogP) is 3.47. The number of aliphatic imine (C=N–C) groups is 1. The zero-order valence-corrected chi connectivity index (χ0v) is 17.6. The number of rotatable bonds is 6. The van der Waals surface area contributed by atoms with Gasteiger partial charge in [-0.05, 0) is 35.7 Å². The van der Waals surface area contributed by atoms with E-state index in [1.807, 2.05) is 19.2 Å². The molecule has 0 unspecified atom stereocenters. The maximum absolute atomic E-state index is 5.59. The van der Waals surface area contributed by atoms with Gasteiger partial charge in [0.2, 0.25) is 0 Å². The standard InChI is InChI=1S/C20H25N3O2.HI/c1-21-20(23-12-11-17-5-3-4-6-19(17)23)22-15-16-7-9-18(10-8-16)25-14-13-24-2;/h3-10H,11-15H2,1-2H3,(H,21,22);1H. The smallest absolute Gasteiger partial charge is 0.198 e. The van der Waals surface area contributed by atoms with E-state index in [9.17, 15) is 0 Å². The summed E-state index contributed by atoms with van der Waals surface area (Å²) in [7, 11) is 3.50. The lowest BCUT2D eigenvalue weighted by atomic mass is 10.2. The molecule has 1 aliphatic rings. The van der Waals surface area contributed by atoms with Crippen LogP contribution in [-0.2, 0) is 17.7 Å². The van der Waals surface area contributed by atoms with E-state index in [1.54, 1.807) is 7.11 Å². The molecule has 0 aromatic heterocycles. The summed E-state index contributed by atoms with van der Waals surface area (Å²) in [5.41, 5.74) is 3.81. The highest BCUT2D eigenvalue weighted by atomic mass is 127. The first-order valence-corrected chi connectivity index (χ1v) is 8.58. The van der Waals surface area contributed by atoms with Gasteiger partial charge in [0.15, 0.2) is 5.96 Å². The molecule has 3 rings (SSSR count). The quantitative estimate of drug-likeness (QED) is 0.306. The van der Waals surface area contributed by atoms with Gasteiger partial charge in [-0.25, -0.2) is 0 Å². The van der Waals surface area contributed by atoms with Crippen LogP contribution in [0.5, 0.6) is 5.75 Å². The van der Waals surface area contributed by atoms with Crippen LogP contribution in [0.25, 0.3) is 0 Å². The van der Waals surface area contributed by atoms with Gasteiger partial charge >= 0.3 is 0 Å². The Balaban J connectivity index is 0.00000243. The number of halogens is 1. The Hall–Kier alpha value is -1.80. The van der Waals surface area contributed by atoms with E-state index < -0.39 is 0 Å². The molecule has 0 fully saturated rings. The summed E-state index contributed by atoms with van der Waals surface area (Å²) in [6.45, 7) is 2.85. The third-order valence-electron chi connectivity index (χ3n) is 4.28. The molecule has 0 atom stereocenters. The van der Waals surface area contributed by atoms with Gasteiger partial charge in [0.1, 0.15) is 12.4 Å². The van der Waals surface area contributed by atoms with Crippen molar-refractivity contribution in [3.05, 3.63) is 59.7 Å². The SMILES string of the molecule is CN=C(NCc1ccc(OCCOC)cc1)N1CCc2ccccc21.I. The number of benzene rings is 2. The van der Waals surface area contributed by atoms with Crippen molar-refractivity contribution in [3.63, 3.8) is 0 Å². The van der Waals surface area contributed by atoms with Gasteiger partial charge < -0.3 is 19.7 Å². The van der Waals surface area contributed by atoms with Crippen LogP contribution in [0.2, 0.25) is 0 Å². The van der Waals surface area contributed by atoms with Gasteiger partial charge in [-0.2, -0.15) is 0 Å². The average Bonchev–Trinajstić information content (AvgIpc) is 3.08. The fourth-order valence-electron chi connectivity index (χ4n) is 2.98. The number of guanidine groups is 1. The molecule has 0 aliphatic carbocycles. The molecule has 1 aliphatic heterocycles. The Labute approximate surface area is 172 Å². The van der Waals surface area contributed by atoms with Gasteiger partial charge in [-0.15, -0.1) is 24.0 Å². The summed E-state index contributed by atoms with van der Waals surface area (Å²) in [4.78, 5) is 6.69. The average molecular weight is 467 g/mol. The largest absolute Gasteiger partial charge is 0.491 e. The molecule has 5 nitrogen and oxygen atoms in total. The number of hydrogen-bond donors (Lipinski definition) is 1. The van der Waals surface area contributed by atoms with E-state index in [-0.39, 0.29) is 24.0 Å². The highest BCUT2D eigenvalue weighted by Crippen LogP contribution is 2.27. The number of para-hydroxylation sites is 1. The second-order valence-electron chi connectivity index (χ2n) is 5.92. The summed E-state index contributed by atoms with van der Waals surface area (Å²) in [5.74, 6) is 1.77. The van der Waals surface area contributed by atoms with Crippen molar-refractivity contribution in [2.24, 2.45) is 4.99 Å². The highest BCUT2D eigenvalue weighted by molar-refractivity contribution is 14.0. The maximum atomic E-state index is 5.59. The molecule has 0 saturated heterocycles. The molecule has 0 spiro atoms. The van der Waals surface area contributed by atoms with Crippen LogP contribution in [0, 0.1) is 0 Å². The number of nitrogens with zero attached hydrogens (tertiary/aromatic N) is 2. The van der Waals surface area contributed by atoms with E-state index in [0.29, 0.717) is 13.2 Å². The topological polar surface area (TPSA) is 46.1 Å². The molecular formula is C20H26IN3O2. The van der Waals surface area contributed by atoms with Crippen LogP contribution >= 0.6 is 24.0 Å². The molecule has 0 amide bonds. The molecule has 0 saturated carbocycles. The summed E-state index contributed by atoms with van der Waals surface area (Å²) >= 11 is 0. The number of fused-ring (bicyclic) bond motifs is 1. The first kappa shape index (κ1) is 20.5. The van der Waals surface area contributed by atoms with Crippen LogP contribution in [-0.4, -0.2) is 39.9 Å². The normalized spacial score (nSPS) is 13.2. The van der Waals surface area contributed by atoms with Gasteiger partial charge in [-0.1, -0.05) is 30.3 Å². The number of methoxy groups -OCH3 is 1. The molecule has 1 heterocycles. The van der Waals surface area contributed by atoms with Crippen molar-refractivity contribution < 1.29 is 9.47 Å². The number of hydrogen-bond acceptors (Lipinski definition) is 3. The van der Waals surface area contributed by atoms with Crippen molar-refractivity contribution in [1.29, 1.82) is 0 Å². The Bertz CT molecular complexity index is 719. The highest BCUT2D eigenvalue weighted by Gasteiger charge is 2.22. The van der Waals surface area contributed by atoms with E-state index in [1.165, 1.54) is 16.8 Å². The molecule has 1 N–H and O–H groups in total. The second-order valence-corrected chi connectivity index (χ2v) is 5.92. The van der Waals surface area contributed by atoms with E-state index in [0.717, 1.165) is 31.2 Å². The third kappa shape index (κ3) is 5.11. The molecule has 2 aromatic rings.